The van der Waals surface area contributed by atoms with Gasteiger partial charge in [0.05, 0.1) is 0 Å². The first kappa shape index (κ1) is 24.4. The summed E-state index contributed by atoms with van der Waals surface area (Å²) in [5, 5.41) is 9.48. The summed E-state index contributed by atoms with van der Waals surface area (Å²) in [4.78, 5) is 18.8. The van der Waals surface area contributed by atoms with Crippen molar-refractivity contribution in [3.63, 3.8) is 0 Å². The van der Waals surface area contributed by atoms with Crippen LogP contribution in [-0.2, 0) is 4.79 Å². The zero-order chi connectivity index (χ0) is 18.0. The van der Waals surface area contributed by atoms with Gasteiger partial charge in [-0.2, -0.15) is 0 Å². The van der Waals surface area contributed by atoms with Crippen LogP contribution in [0.15, 0.2) is 4.99 Å². The monoisotopic (exact) mass is 467 g/mol. The maximum atomic E-state index is 11.9. The van der Waals surface area contributed by atoms with Crippen LogP contribution in [0.4, 0.5) is 0 Å². The van der Waals surface area contributed by atoms with E-state index in [1.807, 2.05) is 27.7 Å². The molecule has 0 saturated carbocycles. The second-order valence-corrected chi connectivity index (χ2v) is 7.51. The maximum absolute atomic E-state index is 11.9. The minimum absolute atomic E-state index is 0. The van der Waals surface area contributed by atoms with E-state index >= 15 is 0 Å². The SMILES string of the molecule is CCNC(=NCC(=O)NC(C)(C)C)NCCN1CCCCC1CC.I. The molecule has 0 bridgehead atoms. The van der Waals surface area contributed by atoms with E-state index in [-0.39, 0.29) is 42.0 Å². The summed E-state index contributed by atoms with van der Waals surface area (Å²) in [6.07, 6.45) is 5.20. The summed E-state index contributed by atoms with van der Waals surface area (Å²) < 4.78 is 0. The number of nitrogens with one attached hydrogen (secondary N) is 3. The molecule has 0 radical (unpaired) electrons. The number of rotatable bonds is 7. The van der Waals surface area contributed by atoms with Crippen LogP contribution in [0.3, 0.4) is 0 Å². The fourth-order valence-electron chi connectivity index (χ4n) is 3.09. The number of piperidine rings is 1. The van der Waals surface area contributed by atoms with E-state index in [1.54, 1.807) is 0 Å². The van der Waals surface area contributed by atoms with Gasteiger partial charge in [-0.25, -0.2) is 4.99 Å². The second kappa shape index (κ2) is 12.7. The summed E-state index contributed by atoms with van der Waals surface area (Å²) in [5.41, 5.74) is -0.220. The van der Waals surface area contributed by atoms with Gasteiger partial charge in [0, 0.05) is 31.2 Å². The molecular formula is C18H38IN5O. The van der Waals surface area contributed by atoms with Gasteiger partial charge in [-0.1, -0.05) is 13.3 Å². The van der Waals surface area contributed by atoms with Crippen LogP contribution in [0.25, 0.3) is 0 Å². The number of halogens is 1. The van der Waals surface area contributed by atoms with Crippen molar-refractivity contribution in [3.05, 3.63) is 0 Å². The van der Waals surface area contributed by atoms with Gasteiger partial charge in [0.2, 0.25) is 5.91 Å². The van der Waals surface area contributed by atoms with Crippen molar-refractivity contribution >= 4 is 35.8 Å². The predicted molar refractivity (Wildman–Crippen MR) is 117 cm³/mol. The highest BCUT2D eigenvalue weighted by Crippen LogP contribution is 2.18. The van der Waals surface area contributed by atoms with Gasteiger partial charge >= 0.3 is 0 Å². The Morgan fingerprint density at radius 3 is 2.52 bits per heavy atom. The highest BCUT2D eigenvalue weighted by Gasteiger charge is 2.20. The van der Waals surface area contributed by atoms with Gasteiger partial charge in [-0.15, -0.1) is 24.0 Å². The van der Waals surface area contributed by atoms with E-state index in [9.17, 15) is 4.79 Å². The average molecular weight is 467 g/mol. The molecule has 1 unspecified atom stereocenters. The molecule has 1 aliphatic heterocycles. The fraction of sp³-hybridized carbons (Fsp3) is 0.889. The topological polar surface area (TPSA) is 68.8 Å². The molecule has 1 saturated heterocycles. The average Bonchev–Trinajstić information content (AvgIpc) is 2.51. The van der Waals surface area contributed by atoms with E-state index in [1.165, 1.54) is 32.2 Å². The molecule has 1 fully saturated rings. The summed E-state index contributed by atoms with van der Waals surface area (Å²) in [6, 6.07) is 0.720. The number of hydrogen-bond donors (Lipinski definition) is 3. The van der Waals surface area contributed by atoms with Crippen molar-refractivity contribution in [2.75, 3.05) is 32.7 Å². The van der Waals surface area contributed by atoms with Gasteiger partial charge in [0.1, 0.15) is 6.54 Å². The van der Waals surface area contributed by atoms with Crippen molar-refractivity contribution in [1.29, 1.82) is 0 Å². The Kier molecular flexibility index (Phi) is 12.4. The number of hydrogen-bond acceptors (Lipinski definition) is 3. The molecule has 0 aliphatic carbocycles. The third kappa shape index (κ3) is 10.9. The molecule has 25 heavy (non-hydrogen) atoms. The van der Waals surface area contributed by atoms with Crippen LogP contribution in [-0.4, -0.2) is 61.1 Å². The maximum Gasteiger partial charge on any atom is 0.242 e. The minimum atomic E-state index is -0.220. The number of aliphatic imine (C=N–C) groups is 1. The van der Waals surface area contributed by atoms with E-state index in [2.05, 4.69) is 32.8 Å². The molecule has 3 N–H and O–H groups in total. The quantitative estimate of drug-likeness (QED) is 0.306. The lowest BCUT2D eigenvalue weighted by molar-refractivity contribution is -0.121. The van der Waals surface area contributed by atoms with Crippen molar-refractivity contribution in [2.24, 2.45) is 4.99 Å². The number of carbonyl (C=O) groups is 1. The summed E-state index contributed by atoms with van der Waals surface area (Å²) in [6.45, 7) is 14.2. The van der Waals surface area contributed by atoms with Gasteiger partial charge in [0.15, 0.2) is 5.96 Å². The summed E-state index contributed by atoms with van der Waals surface area (Å²) in [7, 11) is 0. The molecule has 0 aromatic heterocycles. The van der Waals surface area contributed by atoms with E-state index in [4.69, 9.17) is 0 Å². The standard InChI is InChI=1S/C18H37N5O.HI/c1-6-15-10-8-9-12-23(15)13-11-20-17(19-7-2)21-14-16(24)22-18(3,4)5;/h15H,6-14H2,1-5H3,(H,22,24)(H2,19,20,21);1H. The molecule has 0 spiro atoms. The van der Waals surface area contributed by atoms with Gasteiger partial charge < -0.3 is 16.0 Å². The van der Waals surface area contributed by atoms with Gasteiger partial charge in [0.25, 0.3) is 0 Å². The Labute approximate surface area is 171 Å². The van der Waals surface area contributed by atoms with E-state index < -0.39 is 0 Å². The van der Waals surface area contributed by atoms with Crippen molar-refractivity contribution in [1.82, 2.24) is 20.9 Å². The molecule has 0 aromatic carbocycles. The molecule has 1 aliphatic rings. The van der Waals surface area contributed by atoms with Gasteiger partial charge in [-0.05, 0) is 53.5 Å². The van der Waals surface area contributed by atoms with Crippen molar-refractivity contribution < 1.29 is 4.79 Å². The van der Waals surface area contributed by atoms with Crippen LogP contribution in [0, 0.1) is 0 Å². The fourth-order valence-corrected chi connectivity index (χ4v) is 3.09. The zero-order valence-corrected chi connectivity index (χ0v) is 19.0. The lowest BCUT2D eigenvalue weighted by Gasteiger charge is -2.35. The smallest absolute Gasteiger partial charge is 0.242 e. The zero-order valence-electron chi connectivity index (χ0n) is 16.7. The lowest BCUT2D eigenvalue weighted by Crippen LogP contribution is -2.46. The van der Waals surface area contributed by atoms with Crippen LogP contribution >= 0.6 is 24.0 Å². The van der Waals surface area contributed by atoms with Crippen LogP contribution < -0.4 is 16.0 Å². The van der Waals surface area contributed by atoms with Crippen molar-refractivity contribution in [3.8, 4) is 0 Å². The van der Waals surface area contributed by atoms with Gasteiger partial charge in [-0.3, -0.25) is 9.69 Å². The Bertz CT molecular complexity index is 409. The molecule has 1 rings (SSSR count). The predicted octanol–water partition coefficient (Wildman–Crippen LogP) is 2.34. The largest absolute Gasteiger partial charge is 0.357 e. The Morgan fingerprint density at radius 2 is 1.92 bits per heavy atom. The first-order valence-corrected chi connectivity index (χ1v) is 9.43. The van der Waals surface area contributed by atoms with E-state index in [0.717, 1.165) is 25.7 Å². The minimum Gasteiger partial charge on any atom is -0.357 e. The molecular weight excluding hydrogens is 429 g/mol. The van der Waals surface area contributed by atoms with E-state index in [0.29, 0.717) is 5.96 Å². The molecule has 7 heteroatoms. The number of amides is 1. The summed E-state index contributed by atoms with van der Waals surface area (Å²) in [5.74, 6) is 0.661. The molecule has 6 nitrogen and oxygen atoms in total. The molecule has 148 valence electrons. The first-order chi connectivity index (χ1) is 11.4. The van der Waals surface area contributed by atoms with Crippen LogP contribution in [0.5, 0.6) is 0 Å². The highest BCUT2D eigenvalue weighted by molar-refractivity contribution is 14.0. The van der Waals surface area contributed by atoms with Crippen LogP contribution in [0.2, 0.25) is 0 Å². The normalized spacial score (nSPS) is 19.1. The molecule has 1 heterocycles. The Balaban J connectivity index is 0.00000576. The molecule has 0 aromatic rings. The number of guanidine groups is 1. The first-order valence-electron chi connectivity index (χ1n) is 9.43. The molecule has 1 amide bonds. The Hall–Kier alpha value is -0.570. The summed E-state index contributed by atoms with van der Waals surface area (Å²) >= 11 is 0. The third-order valence-corrected chi connectivity index (χ3v) is 4.15. The Morgan fingerprint density at radius 1 is 1.20 bits per heavy atom. The molecule has 1 atom stereocenters. The number of likely N-dealkylation sites (tertiary alicyclic amines) is 1. The second-order valence-electron chi connectivity index (χ2n) is 7.51. The third-order valence-electron chi connectivity index (χ3n) is 4.15. The number of nitrogens with zero attached hydrogens (tertiary/aromatic N) is 2. The van der Waals surface area contributed by atoms with Crippen molar-refractivity contribution in [2.45, 2.75) is 71.9 Å². The van der Waals surface area contributed by atoms with Crippen LogP contribution in [0.1, 0.15) is 60.3 Å². The lowest BCUT2D eigenvalue weighted by atomic mass is 10.0. The number of carbonyl (C=O) groups excluding carboxylic acids is 1. The highest BCUT2D eigenvalue weighted by atomic mass is 127.